The van der Waals surface area contributed by atoms with E-state index in [1.807, 2.05) is 18.5 Å². The van der Waals surface area contributed by atoms with Crippen molar-refractivity contribution in [3.8, 4) is 10.8 Å². The van der Waals surface area contributed by atoms with Gasteiger partial charge in [-0.1, -0.05) is 30.3 Å². The second kappa shape index (κ2) is 9.58. The molecule has 7 heteroatoms. The summed E-state index contributed by atoms with van der Waals surface area (Å²) >= 11 is 0. The van der Waals surface area contributed by atoms with Crippen LogP contribution >= 0.6 is 10.7 Å². The van der Waals surface area contributed by atoms with Gasteiger partial charge in [0.2, 0.25) is 0 Å². The molecule has 1 aromatic heterocycles. The number of rotatable bonds is 8. The Morgan fingerprint density at radius 1 is 1.07 bits per heavy atom. The van der Waals surface area contributed by atoms with Crippen LogP contribution in [0.4, 0.5) is 5.69 Å². The fourth-order valence-corrected chi connectivity index (χ4v) is 4.97. The molecule has 1 aromatic carbocycles. The number of aryl methyl sites for hydroxylation is 1. The second-order valence-corrected chi connectivity index (χ2v) is 9.40. The Balaban J connectivity index is 1.66. The summed E-state index contributed by atoms with van der Waals surface area (Å²) in [7, 11) is -0.254. The molecule has 0 spiro atoms. The molecular weight excluding hydrogens is 374 g/mol. The number of ether oxygens (including phenoxy) is 2. The van der Waals surface area contributed by atoms with Crippen LogP contribution in [0.25, 0.3) is 0 Å². The van der Waals surface area contributed by atoms with Gasteiger partial charge in [-0.05, 0) is 31.9 Å². The highest BCUT2D eigenvalue weighted by atomic mass is 32.2. The summed E-state index contributed by atoms with van der Waals surface area (Å²) < 4.78 is 14.3. The number of aliphatic hydroxyl groups is 1. The van der Waals surface area contributed by atoms with Gasteiger partial charge in [0.1, 0.15) is 28.7 Å². The highest BCUT2D eigenvalue weighted by molar-refractivity contribution is 7.33. The van der Waals surface area contributed by atoms with E-state index in [1.54, 1.807) is 6.92 Å². The van der Waals surface area contributed by atoms with Crippen molar-refractivity contribution >= 4 is 16.3 Å². The minimum atomic E-state index is -0.481. The molecule has 3 rings (SSSR count). The minimum Gasteiger partial charge on any atom is -0.491 e. The van der Waals surface area contributed by atoms with Gasteiger partial charge in [-0.15, -0.1) is 0 Å². The standard InChI is InChI=1S/C21H32N3O3S/c1-16(2)13-26-20-8-6-5-7-19(20)23-9-11-24(12-10-23)28-15-22-18(4)21(28)27-14-17(3)25/h5-8,15-17,25H,9-14H2,1-4H3/q+1. The number of piperazine rings is 1. The number of thiazole rings is 1. The molecule has 1 N–H and O–H groups in total. The van der Waals surface area contributed by atoms with E-state index in [0.29, 0.717) is 12.5 Å². The zero-order chi connectivity index (χ0) is 20.1. The SMILES string of the molecule is Cc1nc[s+](N2CCN(c3ccccc3OCC(C)C)CC2)c1OCC(C)O. The van der Waals surface area contributed by atoms with Gasteiger partial charge in [0, 0.05) is 13.1 Å². The van der Waals surface area contributed by atoms with E-state index in [-0.39, 0.29) is 10.7 Å². The van der Waals surface area contributed by atoms with E-state index in [9.17, 15) is 5.11 Å². The van der Waals surface area contributed by atoms with Crippen LogP contribution in [0.15, 0.2) is 29.8 Å². The van der Waals surface area contributed by atoms with E-state index < -0.39 is 6.10 Å². The molecule has 2 heterocycles. The molecule has 1 saturated heterocycles. The number of aromatic nitrogens is 1. The summed E-state index contributed by atoms with van der Waals surface area (Å²) in [5, 5.41) is 10.4. The van der Waals surface area contributed by atoms with Crippen LogP contribution in [-0.4, -0.2) is 55.6 Å². The number of para-hydroxylation sites is 2. The molecule has 1 aliphatic heterocycles. The summed E-state index contributed by atoms with van der Waals surface area (Å²) in [6, 6.07) is 8.31. The van der Waals surface area contributed by atoms with Crippen molar-refractivity contribution in [1.29, 1.82) is 0 Å². The first-order valence-electron chi connectivity index (χ1n) is 9.96. The monoisotopic (exact) mass is 406 g/mol. The summed E-state index contributed by atoms with van der Waals surface area (Å²) in [4.78, 5) is 6.87. The molecular formula is C21H32N3O3S+. The average Bonchev–Trinajstić information content (AvgIpc) is 3.05. The number of aliphatic hydroxyl groups excluding tert-OH is 1. The molecule has 1 aliphatic rings. The fraction of sp³-hybridized carbons (Fsp3) is 0.571. The molecule has 6 nitrogen and oxygen atoms in total. The van der Waals surface area contributed by atoms with Gasteiger partial charge in [0.05, 0.1) is 31.5 Å². The Labute approximate surface area is 170 Å². The van der Waals surface area contributed by atoms with Gasteiger partial charge >= 0.3 is 5.06 Å². The van der Waals surface area contributed by atoms with Gasteiger partial charge in [0.15, 0.2) is 0 Å². The van der Waals surface area contributed by atoms with Crippen molar-refractivity contribution in [1.82, 2.24) is 4.98 Å². The molecule has 0 aliphatic carbocycles. The Bertz CT molecular complexity index is 755. The molecule has 2 unspecified atom stereocenters. The quantitative estimate of drug-likeness (QED) is 0.678. The Morgan fingerprint density at radius 2 is 1.79 bits per heavy atom. The van der Waals surface area contributed by atoms with Crippen LogP contribution in [0, 0.1) is 12.8 Å². The van der Waals surface area contributed by atoms with E-state index in [2.05, 4.69) is 46.2 Å². The first-order chi connectivity index (χ1) is 13.5. The van der Waals surface area contributed by atoms with Crippen molar-refractivity contribution in [3.05, 3.63) is 35.5 Å². The molecule has 154 valence electrons. The number of nitrogens with zero attached hydrogens (tertiary/aromatic N) is 3. The number of benzene rings is 1. The first-order valence-corrected chi connectivity index (χ1v) is 11.2. The Kier molecular flexibility index (Phi) is 7.15. The maximum Gasteiger partial charge on any atom is 0.373 e. The molecule has 0 saturated carbocycles. The lowest BCUT2D eigenvalue weighted by Gasteiger charge is -2.33. The Morgan fingerprint density at radius 3 is 2.46 bits per heavy atom. The van der Waals surface area contributed by atoms with Crippen molar-refractivity contribution in [3.63, 3.8) is 0 Å². The lowest BCUT2D eigenvalue weighted by atomic mass is 10.2. The second-order valence-electron chi connectivity index (χ2n) is 7.67. The van der Waals surface area contributed by atoms with Crippen LogP contribution in [0.3, 0.4) is 0 Å². The molecule has 1 fully saturated rings. The summed E-state index contributed by atoms with van der Waals surface area (Å²) in [6.45, 7) is 12.8. The average molecular weight is 407 g/mol. The molecule has 0 amide bonds. The van der Waals surface area contributed by atoms with E-state index in [0.717, 1.165) is 49.3 Å². The lowest BCUT2D eigenvalue weighted by Crippen LogP contribution is -2.46. The van der Waals surface area contributed by atoms with Crippen LogP contribution in [0.2, 0.25) is 0 Å². The van der Waals surface area contributed by atoms with Gasteiger partial charge in [-0.2, -0.15) is 4.98 Å². The zero-order valence-electron chi connectivity index (χ0n) is 17.3. The van der Waals surface area contributed by atoms with Gasteiger partial charge in [-0.3, -0.25) is 0 Å². The van der Waals surface area contributed by atoms with Gasteiger partial charge in [-0.25, -0.2) is 0 Å². The number of hydrogen-bond acceptors (Lipinski definition) is 6. The summed E-state index contributed by atoms with van der Waals surface area (Å²) in [5.74, 6) is 1.47. The number of anilines is 1. The van der Waals surface area contributed by atoms with Crippen molar-refractivity contribution < 1.29 is 14.6 Å². The predicted molar refractivity (Wildman–Crippen MR) is 116 cm³/mol. The lowest BCUT2D eigenvalue weighted by molar-refractivity contribution is 0.124. The van der Waals surface area contributed by atoms with E-state index in [1.165, 1.54) is 5.69 Å². The fourth-order valence-electron chi connectivity index (χ4n) is 3.15. The Hall–Kier alpha value is -1.83. The molecule has 2 atom stereocenters. The van der Waals surface area contributed by atoms with Crippen molar-refractivity contribution in [2.75, 3.05) is 48.6 Å². The van der Waals surface area contributed by atoms with Gasteiger partial charge in [0.25, 0.3) is 5.51 Å². The highest BCUT2D eigenvalue weighted by Gasteiger charge is 2.32. The van der Waals surface area contributed by atoms with Crippen molar-refractivity contribution in [2.24, 2.45) is 5.92 Å². The van der Waals surface area contributed by atoms with Gasteiger partial charge < -0.3 is 19.5 Å². The van der Waals surface area contributed by atoms with Crippen LogP contribution in [0.5, 0.6) is 10.8 Å². The maximum atomic E-state index is 9.54. The van der Waals surface area contributed by atoms with E-state index in [4.69, 9.17) is 9.47 Å². The molecule has 0 bridgehead atoms. The van der Waals surface area contributed by atoms with Crippen LogP contribution < -0.4 is 18.7 Å². The maximum absolute atomic E-state index is 9.54. The third-order valence-corrected chi connectivity index (χ3v) is 6.60. The van der Waals surface area contributed by atoms with Crippen LogP contribution in [0.1, 0.15) is 26.5 Å². The summed E-state index contributed by atoms with van der Waals surface area (Å²) in [6.07, 6.45) is -0.481. The van der Waals surface area contributed by atoms with Crippen molar-refractivity contribution in [2.45, 2.75) is 33.8 Å². The molecule has 2 aromatic rings. The third-order valence-electron chi connectivity index (χ3n) is 4.58. The highest BCUT2D eigenvalue weighted by Crippen LogP contribution is 2.38. The summed E-state index contributed by atoms with van der Waals surface area (Å²) in [5.41, 5.74) is 4.07. The topological polar surface area (TPSA) is 58.1 Å². The predicted octanol–water partition coefficient (Wildman–Crippen LogP) is 3.39. The third kappa shape index (κ3) is 5.16. The normalized spacial score (nSPS) is 17.1. The minimum absolute atomic E-state index is 0.254. The largest absolute Gasteiger partial charge is 0.491 e. The van der Waals surface area contributed by atoms with Crippen LogP contribution in [-0.2, 0) is 0 Å². The smallest absolute Gasteiger partial charge is 0.373 e. The molecule has 0 radical (unpaired) electrons. The zero-order valence-corrected chi connectivity index (χ0v) is 18.1. The number of hydrogen-bond donors (Lipinski definition) is 1. The van der Waals surface area contributed by atoms with E-state index >= 15 is 0 Å². The molecule has 28 heavy (non-hydrogen) atoms. The first kappa shape index (κ1) is 20.9.